The van der Waals surface area contributed by atoms with Crippen LogP contribution in [0.15, 0.2) is 29.2 Å². The smallest absolute Gasteiger partial charge is 0.242 e. The maximum Gasteiger partial charge on any atom is 0.242 e. The zero-order valence-electron chi connectivity index (χ0n) is 13.8. The molecule has 1 aliphatic rings. The fraction of sp³-hybridized carbons (Fsp3) is 0.625. The van der Waals surface area contributed by atoms with Gasteiger partial charge in [-0.2, -0.15) is 0 Å². The Labute approximate surface area is 128 Å². The number of nitrogens with one attached hydrogen (secondary N) is 1. The Balaban J connectivity index is 2.02. The molecule has 1 fully saturated rings. The van der Waals surface area contributed by atoms with Crippen molar-refractivity contribution in [3.63, 3.8) is 0 Å². The number of benzene rings is 1. The Morgan fingerprint density at radius 3 is 1.90 bits per heavy atom. The molecular formula is C16H26N2O2S. The van der Waals surface area contributed by atoms with Gasteiger partial charge in [-0.1, -0.05) is 27.7 Å². The summed E-state index contributed by atoms with van der Waals surface area (Å²) >= 11 is 0. The van der Waals surface area contributed by atoms with Gasteiger partial charge < -0.3 is 5.32 Å². The van der Waals surface area contributed by atoms with Gasteiger partial charge in [-0.15, -0.1) is 0 Å². The summed E-state index contributed by atoms with van der Waals surface area (Å²) in [6.07, 6.45) is 0. The van der Waals surface area contributed by atoms with Gasteiger partial charge in [-0.25, -0.2) is 12.7 Å². The van der Waals surface area contributed by atoms with Gasteiger partial charge in [0.15, 0.2) is 0 Å². The SMILES string of the molecule is CN(C)S(=O)(=O)c1ccc(NCC2C(C)(C)C2(C)C)cc1. The van der Waals surface area contributed by atoms with Crippen LogP contribution in [0.4, 0.5) is 5.69 Å². The molecule has 4 nitrogen and oxygen atoms in total. The molecule has 0 saturated heterocycles. The van der Waals surface area contributed by atoms with E-state index in [2.05, 4.69) is 33.0 Å². The first-order valence-electron chi connectivity index (χ1n) is 7.27. The topological polar surface area (TPSA) is 49.4 Å². The van der Waals surface area contributed by atoms with Crippen LogP contribution in [0.3, 0.4) is 0 Å². The first kappa shape index (κ1) is 16.3. The second-order valence-electron chi connectivity index (χ2n) is 7.19. The van der Waals surface area contributed by atoms with Crippen LogP contribution in [0, 0.1) is 16.7 Å². The van der Waals surface area contributed by atoms with Crippen LogP contribution in [0.1, 0.15) is 27.7 Å². The number of hydrogen-bond acceptors (Lipinski definition) is 3. The molecule has 1 saturated carbocycles. The number of nitrogens with zero attached hydrogens (tertiary/aromatic N) is 1. The molecule has 0 heterocycles. The molecule has 118 valence electrons. The standard InChI is InChI=1S/C16H26N2O2S/c1-15(2)14(16(15,3)4)11-17-12-7-9-13(10-8-12)21(19,20)18(5)6/h7-10,14,17H,11H2,1-6H3. The van der Waals surface area contributed by atoms with Crippen LogP contribution in [0.2, 0.25) is 0 Å². The van der Waals surface area contributed by atoms with E-state index in [-0.39, 0.29) is 0 Å². The third-order valence-electron chi connectivity index (χ3n) is 5.46. The Hall–Kier alpha value is -1.07. The summed E-state index contributed by atoms with van der Waals surface area (Å²) in [5, 5.41) is 3.42. The monoisotopic (exact) mass is 310 g/mol. The van der Waals surface area contributed by atoms with Crippen LogP contribution < -0.4 is 5.32 Å². The first-order valence-corrected chi connectivity index (χ1v) is 8.72. The van der Waals surface area contributed by atoms with E-state index in [1.54, 1.807) is 26.2 Å². The van der Waals surface area contributed by atoms with Gasteiger partial charge in [-0.3, -0.25) is 0 Å². The van der Waals surface area contributed by atoms with E-state index in [9.17, 15) is 8.42 Å². The highest BCUT2D eigenvalue weighted by Gasteiger charge is 2.63. The minimum atomic E-state index is -3.34. The van der Waals surface area contributed by atoms with Gasteiger partial charge in [0, 0.05) is 26.3 Å². The lowest BCUT2D eigenvalue weighted by Gasteiger charge is -2.12. The van der Waals surface area contributed by atoms with Crippen molar-refractivity contribution in [2.24, 2.45) is 16.7 Å². The molecule has 1 aliphatic carbocycles. The lowest BCUT2D eigenvalue weighted by molar-refractivity contribution is 0.457. The highest BCUT2D eigenvalue weighted by atomic mass is 32.2. The molecule has 0 radical (unpaired) electrons. The van der Waals surface area contributed by atoms with Crippen molar-refractivity contribution in [3.8, 4) is 0 Å². The predicted molar refractivity (Wildman–Crippen MR) is 86.9 cm³/mol. The van der Waals surface area contributed by atoms with Gasteiger partial charge in [0.2, 0.25) is 10.0 Å². The van der Waals surface area contributed by atoms with Crippen molar-refractivity contribution >= 4 is 15.7 Å². The fourth-order valence-corrected chi connectivity index (χ4v) is 3.92. The highest BCUT2D eigenvalue weighted by molar-refractivity contribution is 7.89. The normalized spacial score (nSPS) is 20.5. The maximum absolute atomic E-state index is 12.0. The van der Waals surface area contributed by atoms with E-state index in [0.29, 0.717) is 21.6 Å². The van der Waals surface area contributed by atoms with Crippen LogP contribution in [-0.2, 0) is 10.0 Å². The highest BCUT2D eigenvalue weighted by Crippen LogP contribution is 2.68. The van der Waals surface area contributed by atoms with E-state index < -0.39 is 10.0 Å². The maximum atomic E-state index is 12.0. The summed E-state index contributed by atoms with van der Waals surface area (Å²) in [4.78, 5) is 0.324. The second kappa shape index (κ2) is 4.99. The quantitative estimate of drug-likeness (QED) is 0.909. The van der Waals surface area contributed by atoms with E-state index in [1.807, 2.05) is 12.1 Å². The predicted octanol–water partition coefficient (Wildman–Crippen LogP) is 3.03. The summed E-state index contributed by atoms with van der Waals surface area (Å²) in [6, 6.07) is 6.97. The molecule has 2 rings (SSSR count). The summed E-state index contributed by atoms with van der Waals surface area (Å²) < 4.78 is 25.2. The van der Waals surface area contributed by atoms with E-state index in [4.69, 9.17) is 0 Å². The van der Waals surface area contributed by atoms with Crippen molar-refractivity contribution in [3.05, 3.63) is 24.3 Å². The molecule has 5 heteroatoms. The summed E-state index contributed by atoms with van der Waals surface area (Å²) in [7, 11) is -0.263. The Morgan fingerprint density at radius 1 is 1.05 bits per heavy atom. The van der Waals surface area contributed by atoms with Gasteiger partial charge in [0.05, 0.1) is 4.90 Å². The summed E-state index contributed by atoms with van der Waals surface area (Å²) in [6.45, 7) is 10.1. The van der Waals surface area contributed by atoms with Crippen molar-refractivity contribution in [1.29, 1.82) is 0 Å². The van der Waals surface area contributed by atoms with Crippen LogP contribution >= 0.6 is 0 Å². The van der Waals surface area contributed by atoms with E-state index >= 15 is 0 Å². The molecule has 1 N–H and O–H groups in total. The van der Waals surface area contributed by atoms with E-state index in [0.717, 1.165) is 12.2 Å². The minimum Gasteiger partial charge on any atom is -0.385 e. The van der Waals surface area contributed by atoms with Gasteiger partial charge in [-0.05, 0) is 41.0 Å². The fourth-order valence-electron chi connectivity index (χ4n) is 3.02. The molecule has 0 atom stereocenters. The molecule has 0 bridgehead atoms. The molecule has 0 aliphatic heterocycles. The largest absolute Gasteiger partial charge is 0.385 e. The number of hydrogen-bond donors (Lipinski definition) is 1. The molecule has 0 unspecified atom stereocenters. The first-order chi connectivity index (χ1) is 9.51. The Kier molecular flexibility index (Phi) is 3.87. The average Bonchev–Trinajstić information content (AvgIpc) is 2.77. The van der Waals surface area contributed by atoms with Crippen molar-refractivity contribution in [2.45, 2.75) is 32.6 Å². The summed E-state index contributed by atoms with van der Waals surface area (Å²) in [5.74, 6) is 0.634. The zero-order valence-corrected chi connectivity index (χ0v) is 14.6. The van der Waals surface area contributed by atoms with Gasteiger partial charge in [0.1, 0.15) is 0 Å². The molecule has 0 aromatic heterocycles. The lowest BCUT2D eigenvalue weighted by Crippen LogP contribution is -2.22. The molecule has 0 spiro atoms. The number of sulfonamides is 1. The van der Waals surface area contributed by atoms with Gasteiger partial charge >= 0.3 is 0 Å². The average molecular weight is 310 g/mol. The third kappa shape index (κ3) is 2.69. The van der Waals surface area contributed by atoms with Crippen LogP contribution in [-0.4, -0.2) is 33.4 Å². The zero-order chi connectivity index (χ0) is 16.1. The lowest BCUT2D eigenvalue weighted by atomic mass is 10.0. The summed E-state index contributed by atoms with van der Waals surface area (Å²) in [5.41, 5.74) is 1.67. The third-order valence-corrected chi connectivity index (χ3v) is 7.29. The van der Waals surface area contributed by atoms with E-state index in [1.165, 1.54) is 4.31 Å². The minimum absolute atomic E-state index is 0.324. The van der Waals surface area contributed by atoms with Crippen LogP contribution in [0.5, 0.6) is 0 Å². The molecule has 1 aromatic rings. The van der Waals surface area contributed by atoms with Crippen LogP contribution in [0.25, 0.3) is 0 Å². The van der Waals surface area contributed by atoms with Crippen molar-refractivity contribution in [1.82, 2.24) is 4.31 Å². The number of rotatable bonds is 5. The van der Waals surface area contributed by atoms with Gasteiger partial charge in [0.25, 0.3) is 0 Å². The Morgan fingerprint density at radius 2 is 1.52 bits per heavy atom. The second-order valence-corrected chi connectivity index (χ2v) is 9.34. The number of anilines is 1. The Bertz CT molecular complexity index is 602. The molecular weight excluding hydrogens is 284 g/mol. The van der Waals surface area contributed by atoms with Crippen molar-refractivity contribution in [2.75, 3.05) is 26.0 Å². The van der Waals surface area contributed by atoms with Crippen molar-refractivity contribution < 1.29 is 8.42 Å². The molecule has 0 amide bonds. The molecule has 21 heavy (non-hydrogen) atoms. The molecule has 1 aromatic carbocycles.